The van der Waals surface area contributed by atoms with Gasteiger partial charge >= 0.3 is 6.03 Å². The van der Waals surface area contributed by atoms with Gasteiger partial charge in [0, 0.05) is 12.6 Å². The highest BCUT2D eigenvalue weighted by molar-refractivity contribution is 7.92. The van der Waals surface area contributed by atoms with E-state index in [1.807, 2.05) is 6.92 Å². The minimum atomic E-state index is -3.56. The first-order valence-corrected chi connectivity index (χ1v) is 22.2. The normalized spacial score (nSPS) is 28.5. The summed E-state index contributed by atoms with van der Waals surface area (Å²) in [6.07, 6.45) is 12.9. The molecule has 0 spiro atoms. The standard InChI is InChI=1S/C40H65N5O7S/c1-37(2,3)53(51,52)24-40(21-11-8-12-22-40)44-36(50)43-32(39(6)19-9-7-10-20-39)35(49)45-23-27-29(38(27,4)5)30(45)33(47)42-28(18-15-25-13-14-25)31(46)34(48)41-26-16-17-26/h25-30,32H,7-24H2,1-6H3,(H,41,48)(H,42,47)(H2,43,44,50)/t27-,28-,29-,30-,32+/m0/s1. The van der Waals surface area contributed by atoms with Crippen LogP contribution in [-0.4, -0.2) is 89.6 Å². The molecule has 298 valence electrons. The van der Waals surface area contributed by atoms with E-state index in [-0.39, 0.29) is 35.0 Å². The molecular formula is C40H65N5O7S. The Labute approximate surface area is 316 Å². The second-order valence-electron chi connectivity index (χ2n) is 19.5. The highest BCUT2D eigenvalue weighted by Gasteiger charge is 2.70. The second-order valence-corrected chi connectivity index (χ2v) is 22.3. The molecule has 1 heterocycles. The molecule has 5 amide bonds. The molecule has 1 saturated heterocycles. The van der Waals surface area contributed by atoms with Crippen LogP contribution >= 0.6 is 0 Å². The van der Waals surface area contributed by atoms with Gasteiger partial charge in [0.05, 0.1) is 22.1 Å². The summed E-state index contributed by atoms with van der Waals surface area (Å²) in [5.74, 6) is -1.74. The minimum Gasteiger partial charge on any atom is -0.347 e. The molecule has 5 atom stereocenters. The summed E-state index contributed by atoms with van der Waals surface area (Å²) in [4.78, 5) is 71.4. The number of nitrogens with zero attached hydrogens (tertiary/aromatic N) is 1. The van der Waals surface area contributed by atoms with Gasteiger partial charge in [-0.2, -0.15) is 0 Å². The number of urea groups is 1. The lowest BCUT2D eigenvalue weighted by molar-refractivity contribution is -0.146. The number of fused-ring (bicyclic) bond motifs is 1. The molecule has 0 radical (unpaired) electrons. The van der Waals surface area contributed by atoms with Crippen LogP contribution in [0.5, 0.6) is 0 Å². The number of nitrogens with one attached hydrogen (secondary N) is 4. The van der Waals surface area contributed by atoms with Crippen molar-refractivity contribution in [3.05, 3.63) is 0 Å². The molecule has 1 aliphatic heterocycles. The lowest BCUT2D eigenvalue weighted by Crippen LogP contribution is -2.65. The van der Waals surface area contributed by atoms with Crippen LogP contribution in [0.3, 0.4) is 0 Å². The van der Waals surface area contributed by atoms with Crippen LogP contribution in [0.4, 0.5) is 4.79 Å². The number of sulfone groups is 1. The van der Waals surface area contributed by atoms with Gasteiger partial charge in [0.1, 0.15) is 12.1 Å². The molecular weight excluding hydrogens is 695 g/mol. The summed E-state index contributed by atoms with van der Waals surface area (Å²) in [5, 5.41) is 11.9. The van der Waals surface area contributed by atoms with Crippen molar-refractivity contribution in [3.8, 4) is 0 Å². The van der Waals surface area contributed by atoms with Crippen molar-refractivity contribution in [1.29, 1.82) is 0 Å². The van der Waals surface area contributed by atoms with Crippen LogP contribution in [-0.2, 0) is 29.0 Å². The summed E-state index contributed by atoms with van der Waals surface area (Å²) < 4.78 is 26.0. The number of amides is 5. The van der Waals surface area contributed by atoms with Crippen molar-refractivity contribution >= 4 is 39.4 Å². The highest BCUT2D eigenvalue weighted by Crippen LogP contribution is 2.65. The molecule has 0 unspecified atom stereocenters. The molecule has 0 aromatic carbocycles. The first-order valence-electron chi connectivity index (χ1n) is 20.5. The number of carbonyl (C=O) groups is 5. The number of hydrogen-bond donors (Lipinski definition) is 4. The highest BCUT2D eigenvalue weighted by atomic mass is 32.2. The molecule has 6 fully saturated rings. The molecule has 5 aliphatic carbocycles. The van der Waals surface area contributed by atoms with Crippen molar-refractivity contribution in [2.75, 3.05) is 12.3 Å². The Balaban J connectivity index is 1.23. The van der Waals surface area contributed by atoms with E-state index in [1.165, 1.54) is 0 Å². The molecule has 6 rings (SSSR count). The minimum absolute atomic E-state index is 0.0147. The van der Waals surface area contributed by atoms with Crippen LogP contribution < -0.4 is 21.3 Å². The van der Waals surface area contributed by atoms with Gasteiger partial charge in [-0.05, 0) is 101 Å². The second kappa shape index (κ2) is 14.8. The van der Waals surface area contributed by atoms with Crippen LogP contribution in [0.15, 0.2) is 0 Å². The van der Waals surface area contributed by atoms with E-state index in [2.05, 4.69) is 35.1 Å². The topological polar surface area (TPSA) is 171 Å². The smallest absolute Gasteiger partial charge is 0.315 e. The number of piperidine rings is 1. The van der Waals surface area contributed by atoms with E-state index in [4.69, 9.17) is 0 Å². The Morgan fingerprint density at radius 3 is 2.00 bits per heavy atom. The Bertz CT molecular complexity index is 1550. The first-order chi connectivity index (χ1) is 24.8. The van der Waals surface area contributed by atoms with Crippen LogP contribution in [0, 0.1) is 28.6 Å². The summed E-state index contributed by atoms with van der Waals surface area (Å²) >= 11 is 0. The fraction of sp³-hybridized carbons (Fsp3) is 0.875. The van der Waals surface area contributed by atoms with Crippen molar-refractivity contribution in [3.63, 3.8) is 0 Å². The summed E-state index contributed by atoms with van der Waals surface area (Å²) in [7, 11) is -3.56. The Hall–Kier alpha value is -2.70. The van der Waals surface area contributed by atoms with E-state index in [0.717, 1.165) is 83.5 Å². The van der Waals surface area contributed by atoms with Gasteiger partial charge in [-0.15, -0.1) is 0 Å². The molecule has 13 heteroatoms. The molecule has 53 heavy (non-hydrogen) atoms. The summed E-state index contributed by atoms with van der Waals surface area (Å²) in [5.41, 5.74) is -1.70. The van der Waals surface area contributed by atoms with Crippen LogP contribution in [0.25, 0.3) is 0 Å². The van der Waals surface area contributed by atoms with Crippen molar-refractivity contribution in [2.24, 2.45) is 28.6 Å². The zero-order chi connectivity index (χ0) is 38.6. The molecule has 12 nitrogen and oxygen atoms in total. The van der Waals surface area contributed by atoms with E-state index >= 15 is 0 Å². The van der Waals surface area contributed by atoms with Crippen molar-refractivity contribution < 1.29 is 32.4 Å². The molecule has 0 aromatic heterocycles. The predicted octanol–water partition coefficient (Wildman–Crippen LogP) is 4.55. The Morgan fingerprint density at radius 2 is 1.43 bits per heavy atom. The third-order valence-electron chi connectivity index (χ3n) is 13.9. The number of Topliss-reactive ketones (excluding diaryl/α,β-unsaturated/α-hetero) is 1. The van der Waals surface area contributed by atoms with Gasteiger partial charge in [0.25, 0.3) is 5.91 Å². The number of rotatable bonds is 14. The zero-order valence-corrected chi connectivity index (χ0v) is 33.8. The number of carbonyl (C=O) groups excluding carboxylic acids is 5. The van der Waals surface area contributed by atoms with Gasteiger partial charge in [-0.3, -0.25) is 19.2 Å². The lowest BCUT2D eigenvalue weighted by atomic mass is 9.70. The Kier molecular flexibility index (Phi) is 11.1. The van der Waals surface area contributed by atoms with Gasteiger partial charge in [-0.25, -0.2) is 13.2 Å². The van der Waals surface area contributed by atoms with E-state index < -0.39 is 67.3 Å². The van der Waals surface area contributed by atoms with Crippen molar-refractivity contribution in [2.45, 2.75) is 179 Å². The third-order valence-corrected chi connectivity index (χ3v) is 16.7. The van der Waals surface area contributed by atoms with E-state index in [1.54, 1.807) is 25.7 Å². The van der Waals surface area contributed by atoms with Gasteiger partial charge < -0.3 is 26.2 Å². The van der Waals surface area contributed by atoms with Gasteiger partial charge in [0.15, 0.2) is 9.84 Å². The predicted molar refractivity (Wildman–Crippen MR) is 202 cm³/mol. The van der Waals surface area contributed by atoms with E-state index in [9.17, 15) is 32.4 Å². The maximum absolute atomic E-state index is 15.0. The fourth-order valence-corrected chi connectivity index (χ4v) is 11.2. The van der Waals surface area contributed by atoms with Crippen LogP contribution in [0.2, 0.25) is 0 Å². The first kappa shape index (κ1) is 40.0. The Morgan fingerprint density at radius 1 is 0.830 bits per heavy atom. The average molecular weight is 760 g/mol. The lowest BCUT2D eigenvalue weighted by Gasteiger charge is -2.44. The summed E-state index contributed by atoms with van der Waals surface area (Å²) in [6, 6.07) is -3.28. The van der Waals surface area contributed by atoms with Gasteiger partial charge in [-0.1, -0.05) is 72.1 Å². The average Bonchev–Trinajstić information content (AvgIpc) is 4.04. The molecule has 0 aromatic rings. The quantitative estimate of drug-likeness (QED) is 0.188. The number of hydrogen-bond acceptors (Lipinski definition) is 7. The molecule has 6 aliphatic rings. The molecule has 0 bridgehead atoms. The van der Waals surface area contributed by atoms with Crippen LogP contribution in [0.1, 0.15) is 144 Å². The summed E-state index contributed by atoms with van der Waals surface area (Å²) in [6.45, 7) is 11.6. The fourth-order valence-electron chi connectivity index (χ4n) is 9.66. The monoisotopic (exact) mass is 759 g/mol. The zero-order valence-electron chi connectivity index (χ0n) is 33.0. The van der Waals surface area contributed by atoms with Crippen molar-refractivity contribution in [1.82, 2.24) is 26.2 Å². The molecule has 4 N–H and O–H groups in total. The third kappa shape index (κ3) is 8.75. The maximum atomic E-state index is 15.0. The molecule has 5 saturated carbocycles. The maximum Gasteiger partial charge on any atom is 0.315 e. The largest absolute Gasteiger partial charge is 0.347 e. The SMILES string of the molecule is CC1([C@H](NC(=O)NC2(CS(=O)(=O)C(C)(C)C)CCCCC2)C(=O)N2C[C@H]3[C@@H]([C@H]2C(=O)N[C@@H](CCC2CC2)C(=O)C(=O)NC2CC2)C3(C)C)CCCCC1. The van der Waals surface area contributed by atoms with E-state index in [0.29, 0.717) is 31.7 Å². The number of likely N-dealkylation sites (tertiary alicyclic amines) is 1. The van der Waals surface area contributed by atoms with Gasteiger partial charge in [0.2, 0.25) is 17.6 Å². The number of ketones is 1.